The lowest BCUT2D eigenvalue weighted by molar-refractivity contribution is 0.628. The number of aryl methyl sites for hydroxylation is 2. The predicted molar refractivity (Wildman–Crippen MR) is 116 cm³/mol. The molecule has 2 aromatic carbocycles. The third-order valence-electron chi connectivity index (χ3n) is 4.57. The molecule has 0 N–H and O–H groups in total. The van der Waals surface area contributed by atoms with E-state index < -0.39 is 0 Å². The Balaban J connectivity index is 1.85. The number of rotatable bonds is 4. The fraction of sp³-hybridized carbons (Fsp3) is 0.0870. The molecule has 4 rings (SSSR count). The van der Waals surface area contributed by atoms with Crippen LogP contribution in [0.2, 0.25) is 0 Å². The molecule has 0 radical (unpaired) electrons. The minimum atomic E-state index is -0.283. The second kappa shape index (κ2) is 8.32. The van der Waals surface area contributed by atoms with Crippen molar-refractivity contribution in [2.24, 2.45) is 10.1 Å². The second-order valence-electron chi connectivity index (χ2n) is 6.63. The first-order valence-corrected chi connectivity index (χ1v) is 10.0. The summed E-state index contributed by atoms with van der Waals surface area (Å²) < 4.78 is 15.1. The highest BCUT2D eigenvalue weighted by Crippen LogP contribution is 2.23. The number of pyridine rings is 1. The van der Waals surface area contributed by atoms with Crippen LogP contribution in [0.25, 0.3) is 11.3 Å². The molecule has 0 unspecified atom stereocenters. The van der Waals surface area contributed by atoms with Gasteiger partial charge in [-0.2, -0.15) is 5.10 Å². The maximum absolute atomic E-state index is 13.2. The van der Waals surface area contributed by atoms with E-state index in [9.17, 15) is 4.39 Å². The molecule has 2 aromatic heterocycles. The van der Waals surface area contributed by atoms with Crippen molar-refractivity contribution in [1.82, 2.24) is 9.66 Å². The molecule has 0 amide bonds. The fourth-order valence-electron chi connectivity index (χ4n) is 2.79. The first-order valence-electron chi connectivity index (χ1n) is 9.13. The normalized spacial score (nSPS) is 12.0. The zero-order valence-corrected chi connectivity index (χ0v) is 16.9. The molecule has 6 heteroatoms. The van der Waals surface area contributed by atoms with E-state index in [0.717, 1.165) is 16.8 Å². The Morgan fingerprint density at radius 2 is 1.72 bits per heavy atom. The lowest BCUT2D eigenvalue weighted by Crippen LogP contribution is -2.11. The van der Waals surface area contributed by atoms with Gasteiger partial charge >= 0.3 is 0 Å². The fourth-order valence-corrected chi connectivity index (χ4v) is 3.64. The van der Waals surface area contributed by atoms with Crippen molar-refractivity contribution in [2.45, 2.75) is 13.8 Å². The van der Waals surface area contributed by atoms with E-state index in [2.05, 4.69) is 47.1 Å². The Hall–Kier alpha value is -3.38. The number of hydrogen-bond donors (Lipinski definition) is 0. The van der Waals surface area contributed by atoms with Crippen molar-refractivity contribution < 1.29 is 4.39 Å². The van der Waals surface area contributed by atoms with Crippen LogP contribution in [0.15, 0.2) is 82.5 Å². The van der Waals surface area contributed by atoms with Crippen molar-refractivity contribution in [3.05, 3.63) is 99.7 Å². The molecule has 0 spiro atoms. The zero-order valence-electron chi connectivity index (χ0n) is 16.1. The average molecular weight is 402 g/mol. The van der Waals surface area contributed by atoms with Crippen LogP contribution >= 0.6 is 11.3 Å². The molecule has 4 aromatic rings. The Kier molecular flexibility index (Phi) is 5.44. The Morgan fingerprint density at radius 1 is 0.966 bits per heavy atom. The molecule has 0 aliphatic rings. The highest BCUT2D eigenvalue weighted by molar-refractivity contribution is 7.07. The number of benzene rings is 2. The lowest BCUT2D eigenvalue weighted by atomic mass is 10.1. The van der Waals surface area contributed by atoms with Crippen molar-refractivity contribution >= 4 is 23.2 Å². The summed E-state index contributed by atoms with van der Waals surface area (Å²) in [5.41, 5.74) is 6.09. The second-order valence-corrected chi connectivity index (χ2v) is 7.46. The van der Waals surface area contributed by atoms with E-state index in [-0.39, 0.29) is 5.82 Å². The third kappa shape index (κ3) is 4.38. The van der Waals surface area contributed by atoms with Gasteiger partial charge in [-0.15, -0.1) is 11.3 Å². The first-order chi connectivity index (χ1) is 14.1. The van der Waals surface area contributed by atoms with Gasteiger partial charge in [-0.1, -0.05) is 12.1 Å². The van der Waals surface area contributed by atoms with E-state index >= 15 is 0 Å². The summed E-state index contributed by atoms with van der Waals surface area (Å²) in [5.74, 6) is -0.283. The Morgan fingerprint density at radius 3 is 2.45 bits per heavy atom. The SMILES string of the molecule is Cc1ccc(-c2csc(=Nc3ccc(F)cc3)n2/N=C/c2ccncc2)cc1C. The van der Waals surface area contributed by atoms with Crippen molar-refractivity contribution in [2.75, 3.05) is 0 Å². The predicted octanol–water partition coefficient (Wildman–Crippen LogP) is 5.48. The van der Waals surface area contributed by atoms with E-state index in [1.165, 1.54) is 34.6 Å². The summed E-state index contributed by atoms with van der Waals surface area (Å²) in [7, 11) is 0. The Labute approximate surface area is 172 Å². The zero-order chi connectivity index (χ0) is 20.2. The van der Waals surface area contributed by atoms with Gasteiger partial charge in [-0.05, 0) is 73.0 Å². The largest absolute Gasteiger partial charge is 0.265 e. The first kappa shape index (κ1) is 19.0. The van der Waals surface area contributed by atoms with Gasteiger partial charge in [0.05, 0.1) is 17.6 Å². The van der Waals surface area contributed by atoms with Crippen LogP contribution in [0.3, 0.4) is 0 Å². The molecule has 0 fully saturated rings. The van der Waals surface area contributed by atoms with Crippen molar-refractivity contribution in [1.29, 1.82) is 0 Å². The quantitative estimate of drug-likeness (QED) is 0.417. The minimum Gasteiger partial charge on any atom is -0.265 e. The number of halogens is 1. The van der Waals surface area contributed by atoms with E-state index in [4.69, 9.17) is 0 Å². The minimum absolute atomic E-state index is 0.283. The van der Waals surface area contributed by atoms with Crippen LogP contribution < -0.4 is 4.80 Å². The van der Waals surface area contributed by atoms with Gasteiger partial charge in [0.1, 0.15) is 5.82 Å². The molecule has 0 saturated carbocycles. The number of thiazole rings is 1. The summed E-state index contributed by atoms with van der Waals surface area (Å²) >= 11 is 1.49. The maximum Gasteiger partial charge on any atom is 0.211 e. The van der Waals surface area contributed by atoms with Crippen LogP contribution in [-0.2, 0) is 0 Å². The van der Waals surface area contributed by atoms with Crippen molar-refractivity contribution in [3.63, 3.8) is 0 Å². The van der Waals surface area contributed by atoms with Crippen LogP contribution in [0.1, 0.15) is 16.7 Å². The van der Waals surface area contributed by atoms with Crippen LogP contribution in [0, 0.1) is 19.7 Å². The molecule has 0 aliphatic carbocycles. The van der Waals surface area contributed by atoms with Gasteiger partial charge in [-0.3, -0.25) is 4.98 Å². The third-order valence-corrected chi connectivity index (χ3v) is 5.38. The number of nitrogens with zero attached hydrogens (tertiary/aromatic N) is 4. The van der Waals surface area contributed by atoms with E-state index in [1.54, 1.807) is 30.7 Å². The van der Waals surface area contributed by atoms with Gasteiger partial charge in [-0.25, -0.2) is 14.1 Å². The summed E-state index contributed by atoms with van der Waals surface area (Å²) in [6.07, 6.45) is 5.24. The summed E-state index contributed by atoms with van der Waals surface area (Å²) in [4.78, 5) is 9.41. The van der Waals surface area contributed by atoms with Gasteiger partial charge in [0, 0.05) is 23.3 Å². The molecule has 29 heavy (non-hydrogen) atoms. The molecular formula is C23H19FN4S. The molecule has 144 valence electrons. The molecule has 4 nitrogen and oxygen atoms in total. The van der Waals surface area contributed by atoms with Gasteiger partial charge < -0.3 is 0 Å². The molecule has 2 heterocycles. The van der Waals surface area contributed by atoms with Gasteiger partial charge in [0.25, 0.3) is 0 Å². The molecule has 0 aliphatic heterocycles. The van der Waals surface area contributed by atoms with E-state index in [1.807, 2.05) is 22.2 Å². The average Bonchev–Trinajstić information content (AvgIpc) is 3.13. The van der Waals surface area contributed by atoms with E-state index in [0.29, 0.717) is 10.5 Å². The van der Waals surface area contributed by atoms with Crippen molar-refractivity contribution in [3.8, 4) is 11.3 Å². The number of aromatic nitrogens is 2. The smallest absolute Gasteiger partial charge is 0.211 e. The Bertz CT molecular complexity index is 1220. The monoisotopic (exact) mass is 402 g/mol. The van der Waals surface area contributed by atoms with Crippen LogP contribution in [0.4, 0.5) is 10.1 Å². The molecular weight excluding hydrogens is 383 g/mol. The molecule has 0 bridgehead atoms. The molecule has 0 atom stereocenters. The summed E-state index contributed by atoms with van der Waals surface area (Å²) in [6, 6.07) is 16.2. The highest BCUT2D eigenvalue weighted by Gasteiger charge is 2.09. The number of hydrogen-bond acceptors (Lipinski definition) is 4. The van der Waals surface area contributed by atoms with Crippen LogP contribution in [-0.4, -0.2) is 15.9 Å². The molecule has 0 saturated heterocycles. The summed E-state index contributed by atoms with van der Waals surface area (Å²) in [6.45, 7) is 4.19. The topological polar surface area (TPSA) is 42.5 Å². The maximum atomic E-state index is 13.2. The van der Waals surface area contributed by atoms with Crippen LogP contribution in [0.5, 0.6) is 0 Å². The summed E-state index contributed by atoms with van der Waals surface area (Å²) in [5, 5.41) is 6.72. The van der Waals surface area contributed by atoms with Gasteiger partial charge in [0.15, 0.2) is 0 Å². The van der Waals surface area contributed by atoms with Gasteiger partial charge in [0.2, 0.25) is 4.80 Å². The highest BCUT2D eigenvalue weighted by atomic mass is 32.1. The lowest BCUT2D eigenvalue weighted by Gasteiger charge is -2.06. The standard InChI is InChI=1S/C23H19FN4S/c1-16-3-4-19(13-17(16)2)22-15-29-23(27-21-7-5-20(24)6-8-21)28(22)26-14-18-9-11-25-12-10-18/h3-15H,1-2H3/b26-14+,27-23?.